The number of carboxylic acids is 1. The van der Waals surface area contributed by atoms with E-state index in [0.29, 0.717) is 17.0 Å². The maximum absolute atomic E-state index is 11.8. The second-order valence-electron chi connectivity index (χ2n) is 5.22. The maximum Gasteiger partial charge on any atom is 0.314 e. The van der Waals surface area contributed by atoms with Gasteiger partial charge >= 0.3 is 5.97 Å². The summed E-state index contributed by atoms with van der Waals surface area (Å²) in [5.41, 5.74) is 1.73. The monoisotopic (exact) mass is 288 g/mol. The number of aliphatic carboxylic acids is 1. The molecule has 0 aliphatic heterocycles. The Labute approximate surface area is 124 Å². The van der Waals surface area contributed by atoms with Gasteiger partial charge in [-0.1, -0.05) is 54.1 Å². The van der Waals surface area contributed by atoms with E-state index in [1.165, 1.54) is 0 Å². The molecule has 2 nitrogen and oxygen atoms in total. The van der Waals surface area contributed by atoms with Gasteiger partial charge in [-0.15, -0.1) is 0 Å². The van der Waals surface area contributed by atoms with Crippen molar-refractivity contribution < 1.29 is 9.90 Å². The molecule has 0 aliphatic carbocycles. The Morgan fingerprint density at radius 3 is 2.35 bits per heavy atom. The molecular weight excluding hydrogens is 272 g/mol. The Morgan fingerprint density at radius 2 is 1.75 bits per heavy atom. The number of aryl methyl sites for hydroxylation is 1. The van der Waals surface area contributed by atoms with Crippen LogP contribution in [0.1, 0.15) is 23.6 Å². The highest BCUT2D eigenvalue weighted by Crippen LogP contribution is 2.34. The number of halogens is 1. The van der Waals surface area contributed by atoms with Crippen LogP contribution in [0.15, 0.2) is 48.5 Å². The van der Waals surface area contributed by atoms with Crippen LogP contribution in [0, 0.1) is 6.92 Å². The summed E-state index contributed by atoms with van der Waals surface area (Å²) in [6.07, 6.45) is 0.415. The van der Waals surface area contributed by atoms with Crippen LogP contribution < -0.4 is 0 Å². The van der Waals surface area contributed by atoms with Gasteiger partial charge in [-0.2, -0.15) is 0 Å². The third-order valence-corrected chi connectivity index (χ3v) is 4.08. The zero-order chi connectivity index (χ0) is 14.8. The Hall–Kier alpha value is -1.80. The van der Waals surface area contributed by atoms with Crippen molar-refractivity contribution in [1.82, 2.24) is 0 Å². The van der Waals surface area contributed by atoms with Gasteiger partial charge in [0.25, 0.3) is 0 Å². The summed E-state index contributed by atoms with van der Waals surface area (Å²) in [5, 5.41) is 10.2. The summed E-state index contributed by atoms with van der Waals surface area (Å²) in [6.45, 7) is 3.72. The van der Waals surface area contributed by atoms with Gasteiger partial charge in [-0.3, -0.25) is 4.79 Å². The van der Waals surface area contributed by atoms with Crippen molar-refractivity contribution in [3.8, 4) is 0 Å². The average molecular weight is 289 g/mol. The predicted octanol–water partition coefficient (Wildman–Crippen LogP) is 4.23. The Bertz CT molecular complexity index is 636. The van der Waals surface area contributed by atoms with Gasteiger partial charge in [-0.05, 0) is 43.0 Å². The summed E-state index contributed by atoms with van der Waals surface area (Å²) in [6, 6.07) is 15.0. The normalized spacial score (nSPS) is 13.8. The molecule has 0 amide bonds. The van der Waals surface area contributed by atoms with E-state index in [1.54, 1.807) is 19.1 Å². The second kappa shape index (κ2) is 5.68. The number of hydrogen-bond donors (Lipinski definition) is 1. The Kier molecular flexibility index (Phi) is 4.15. The standard InChI is InChI=1S/C17H17ClO2/c1-12-7-3-4-8-13(12)11-17(2,16(19)20)14-9-5-6-10-15(14)18/h3-10H,11H2,1-2H3,(H,19,20). The van der Waals surface area contributed by atoms with Crippen LogP contribution in [-0.2, 0) is 16.6 Å². The number of carboxylic acid groups (broad SMARTS) is 1. The molecule has 0 bridgehead atoms. The van der Waals surface area contributed by atoms with Crippen molar-refractivity contribution >= 4 is 17.6 Å². The molecule has 0 saturated heterocycles. The quantitative estimate of drug-likeness (QED) is 0.914. The lowest BCUT2D eigenvalue weighted by Crippen LogP contribution is -2.35. The minimum Gasteiger partial charge on any atom is -0.481 e. The second-order valence-corrected chi connectivity index (χ2v) is 5.63. The van der Waals surface area contributed by atoms with E-state index in [1.807, 2.05) is 43.3 Å². The molecule has 2 aromatic rings. The summed E-state index contributed by atoms with van der Waals surface area (Å²) in [7, 11) is 0. The molecule has 2 aromatic carbocycles. The van der Waals surface area contributed by atoms with Gasteiger partial charge in [0.05, 0.1) is 5.41 Å². The van der Waals surface area contributed by atoms with Gasteiger partial charge in [0, 0.05) is 5.02 Å². The molecule has 0 spiro atoms. The van der Waals surface area contributed by atoms with Crippen molar-refractivity contribution in [2.45, 2.75) is 25.7 Å². The van der Waals surface area contributed by atoms with Crippen LogP contribution in [0.3, 0.4) is 0 Å². The van der Waals surface area contributed by atoms with E-state index in [2.05, 4.69) is 0 Å². The van der Waals surface area contributed by atoms with Gasteiger partial charge in [0.2, 0.25) is 0 Å². The van der Waals surface area contributed by atoms with E-state index in [4.69, 9.17) is 11.6 Å². The molecule has 20 heavy (non-hydrogen) atoms. The minimum atomic E-state index is -1.04. The smallest absolute Gasteiger partial charge is 0.314 e. The first kappa shape index (κ1) is 14.6. The van der Waals surface area contributed by atoms with Crippen LogP contribution in [0.5, 0.6) is 0 Å². The SMILES string of the molecule is Cc1ccccc1CC(C)(C(=O)O)c1ccccc1Cl. The summed E-state index contributed by atoms with van der Waals surface area (Å²) in [5.74, 6) is -0.867. The van der Waals surface area contributed by atoms with E-state index in [0.717, 1.165) is 11.1 Å². The predicted molar refractivity (Wildman–Crippen MR) is 81.3 cm³/mol. The lowest BCUT2D eigenvalue weighted by Gasteiger charge is -2.27. The molecule has 3 heteroatoms. The van der Waals surface area contributed by atoms with E-state index >= 15 is 0 Å². The first-order chi connectivity index (χ1) is 9.45. The van der Waals surface area contributed by atoms with E-state index < -0.39 is 11.4 Å². The van der Waals surface area contributed by atoms with Crippen molar-refractivity contribution in [3.05, 3.63) is 70.2 Å². The van der Waals surface area contributed by atoms with Crippen LogP contribution in [-0.4, -0.2) is 11.1 Å². The Balaban J connectivity index is 2.49. The average Bonchev–Trinajstić information content (AvgIpc) is 2.41. The first-order valence-electron chi connectivity index (χ1n) is 6.48. The highest BCUT2D eigenvalue weighted by atomic mass is 35.5. The van der Waals surface area contributed by atoms with Gasteiger partial charge < -0.3 is 5.11 Å². The largest absolute Gasteiger partial charge is 0.481 e. The summed E-state index contributed by atoms with van der Waals surface area (Å²) in [4.78, 5) is 11.8. The fourth-order valence-electron chi connectivity index (χ4n) is 2.38. The van der Waals surface area contributed by atoms with Crippen molar-refractivity contribution in [2.24, 2.45) is 0 Å². The molecule has 0 aliphatic rings. The maximum atomic E-state index is 11.8. The number of rotatable bonds is 4. The molecule has 1 N–H and O–H groups in total. The molecule has 2 rings (SSSR count). The fraction of sp³-hybridized carbons (Fsp3) is 0.235. The van der Waals surface area contributed by atoms with Crippen LogP contribution >= 0.6 is 11.6 Å². The van der Waals surface area contributed by atoms with Gasteiger partial charge in [0.1, 0.15) is 0 Å². The highest BCUT2D eigenvalue weighted by Gasteiger charge is 2.37. The van der Waals surface area contributed by atoms with Crippen LogP contribution in [0.2, 0.25) is 5.02 Å². The third-order valence-electron chi connectivity index (χ3n) is 3.75. The topological polar surface area (TPSA) is 37.3 Å². The van der Waals surface area contributed by atoms with E-state index in [9.17, 15) is 9.90 Å². The number of hydrogen-bond acceptors (Lipinski definition) is 1. The van der Waals surface area contributed by atoms with Crippen molar-refractivity contribution in [1.29, 1.82) is 0 Å². The molecule has 0 aromatic heterocycles. The summed E-state index contributed by atoms with van der Waals surface area (Å²) >= 11 is 6.20. The van der Waals surface area contributed by atoms with Gasteiger partial charge in [0.15, 0.2) is 0 Å². The highest BCUT2D eigenvalue weighted by molar-refractivity contribution is 6.31. The molecular formula is C17H17ClO2. The third kappa shape index (κ3) is 2.70. The number of carbonyl (C=O) groups is 1. The molecule has 0 heterocycles. The molecule has 104 valence electrons. The summed E-state index contributed by atoms with van der Waals surface area (Å²) < 4.78 is 0. The van der Waals surface area contributed by atoms with Crippen LogP contribution in [0.4, 0.5) is 0 Å². The molecule has 0 saturated carbocycles. The molecule has 1 unspecified atom stereocenters. The zero-order valence-electron chi connectivity index (χ0n) is 11.6. The van der Waals surface area contributed by atoms with Gasteiger partial charge in [-0.25, -0.2) is 0 Å². The number of benzene rings is 2. The lowest BCUT2D eigenvalue weighted by atomic mass is 9.76. The molecule has 0 radical (unpaired) electrons. The minimum absolute atomic E-state index is 0.415. The molecule has 0 fully saturated rings. The Morgan fingerprint density at radius 1 is 1.15 bits per heavy atom. The van der Waals surface area contributed by atoms with E-state index in [-0.39, 0.29) is 0 Å². The molecule has 1 atom stereocenters. The fourth-order valence-corrected chi connectivity index (χ4v) is 2.73. The van der Waals surface area contributed by atoms with Crippen molar-refractivity contribution in [2.75, 3.05) is 0 Å². The zero-order valence-corrected chi connectivity index (χ0v) is 12.3. The first-order valence-corrected chi connectivity index (χ1v) is 6.86. The van der Waals surface area contributed by atoms with Crippen LogP contribution in [0.25, 0.3) is 0 Å². The lowest BCUT2D eigenvalue weighted by molar-refractivity contribution is -0.143. The van der Waals surface area contributed by atoms with Crippen molar-refractivity contribution in [3.63, 3.8) is 0 Å².